The molecule has 5 nitrogen and oxygen atoms in total. The number of hydrogen-bond donors (Lipinski definition) is 1. The van der Waals surface area contributed by atoms with Crippen molar-refractivity contribution in [3.05, 3.63) is 11.8 Å². The first-order chi connectivity index (χ1) is 7.52. The molecule has 0 fully saturated rings. The smallest absolute Gasteiger partial charge is 0.238 e. The predicted octanol–water partition coefficient (Wildman–Crippen LogP) is 1.99. The minimum Gasteiger partial charge on any atom is -0.423 e. The van der Waals surface area contributed by atoms with Crippen LogP contribution in [0.2, 0.25) is 0 Å². The molecule has 0 spiro atoms. The quantitative estimate of drug-likeness (QED) is 0.832. The standard InChI is InChI=1S/C11H19N3O2/c1-5-10(15)12-9(6-7(2)3)11-14-13-8(4)16-11/h7,9H,5-6H2,1-4H3,(H,12,15). The van der Waals surface area contributed by atoms with Crippen LogP contribution in [0.3, 0.4) is 0 Å². The Balaban J connectivity index is 2.74. The van der Waals surface area contributed by atoms with Crippen LogP contribution in [-0.2, 0) is 4.79 Å². The van der Waals surface area contributed by atoms with Gasteiger partial charge in [0, 0.05) is 13.3 Å². The zero-order chi connectivity index (χ0) is 12.1. The predicted molar refractivity (Wildman–Crippen MR) is 59.7 cm³/mol. The minimum absolute atomic E-state index is 0.00139. The summed E-state index contributed by atoms with van der Waals surface area (Å²) >= 11 is 0. The van der Waals surface area contributed by atoms with E-state index in [-0.39, 0.29) is 11.9 Å². The van der Waals surface area contributed by atoms with Crippen LogP contribution in [0.25, 0.3) is 0 Å². The molecule has 0 aliphatic heterocycles. The number of carbonyl (C=O) groups excluding carboxylic acids is 1. The highest BCUT2D eigenvalue weighted by Gasteiger charge is 2.20. The number of aryl methyl sites for hydroxylation is 1. The summed E-state index contributed by atoms with van der Waals surface area (Å²) in [5.74, 6) is 1.47. The second-order valence-electron chi connectivity index (χ2n) is 4.26. The molecule has 90 valence electrons. The Morgan fingerprint density at radius 3 is 2.56 bits per heavy atom. The van der Waals surface area contributed by atoms with E-state index in [1.807, 2.05) is 6.92 Å². The fraction of sp³-hybridized carbons (Fsp3) is 0.727. The van der Waals surface area contributed by atoms with Gasteiger partial charge in [0.25, 0.3) is 0 Å². The zero-order valence-corrected chi connectivity index (χ0v) is 10.3. The molecular weight excluding hydrogens is 206 g/mol. The molecule has 5 heteroatoms. The number of carbonyl (C=O) groups is 1. The molecule has 1 unspecified atom stereocenters. The molecule has 0 aliphatic carbocycles. The first kappa shape index (κ1) is 12.7. The van der Waals surface area contributed by atoms with Gasteiger partial charge >= 0.3 is 0 Å². The molecule has 1 rings (SSSR count). The van der Waals surface area contributed by atoms with Gasteiger partial charge in [-0.15, -0.1) is 10.2 Å². The second-order valence-corrected chi connectivity index (χ2v) is 4.26. The fourth-order valence-electron chi connectivity index (χ4n) is 1.44. The summed E-state index contributed by atoms with van der Waals surface area (Å²) < 4.78 is 5.35. The van der Waals surface area contributed by atoms with Crippen molar-refractivity contribution in [2.45, 2.75) is 46.6 Å². The van der Waals surface area contributed by atoms with Crippen molar-refractivity contribution in [3.8, 4) is 0 Å². The molecule has 16 heavy (non-hydrogen) atoms. The van der Waals surface area contributed by atoms with Gasteiger partial charge in [-0.2, -0.15) is 0 Å². The van der Waals surface area contributed by atoms with Crippen LogP contribution in [0, 0.1) is 12.8 Å². The van der Waals surface area contributed by atoms with E-state index < -0.39 is 0 Å². The van der Waals surface area contributed by atoms with E-state index in [9.17, 15) is 4.79 Å². The Labute approximate surface area is 95.6 Å². The van der Waals surface area contributed by atoms with E-state index in [2.05, 4.69) is 29.4 Å². The second kappa shape index (κ2) is 5.63. The van der Waals surface area contributed by atoms with Crippen molar-refractivity contribution < 1.29 is 9.21 Å². The van der Waals surface area contributed by atoms with Crippen LogP contribution < -0.4 is 5.32 Å². The maximum atomic E-state index is 11.4. The molecule has 0 radical (unpaired) electrons. The van der Waals surface area contributed by atoms with Gasteiger partial charge in [-0.3, -0.25) is 4.79 Å². The highest BCUT2D eigenvalue weighted by atomic mass is 16.4. The van der Waals surface area contributed by atoms with Gasteiger partial charge in [-0.05, 0) is 12.3 Å². The van der Waals surface area contributed by atoms with Crippen LogP contribution >= 0.6 is 0 Å². The summed E-state index contributed by atoms with van der Waals surface area (Å²) in [7, 11) is 0. The summed E-state index contributed by atoms with van der Waals surface area (Å²) in [6.45, 7) is 7.74. The zero-order valence-electron chi connectivity index (χ0n) is 10.3. The number of rotatable bonds is 5. The number of nitrogens with zero attached hydrogens (tertiary/aromatic N) is 2. The first-order valence-electron chi connectivity index (χ1n) is 5.62. The number of nitrogens with one attached hydrogen (secondary N) is 1. The van der Waals surface area contributed by atoms with Crippen LogP contribution in [0.4, 0.5) is 0 Å². The molecule has 1 amide bonds. The van der Waals surface area contributed by atoms with Crippen molar-refractivity contribution in [1.82, 2.24) is 15.5 Å². The molecule has 1 aromatic heterocycles. The van der Waals surface area contributed by atoms with Crippen molar-refractivity contribution >= 4 is 5.91 Å². The normalized spacial score (nSPS) is 12.8. The summed E-state index contributed by atoms with van der Waals surface area (Å²) in [6, 6.07) is -0.173. The van der Waals surface area contributed by atoms with Gasteiger partial charge in [0.2, 0.25) is 17.7 Å². The average molecular weight is 225 g/mol. The first-order valence-corrected chi connectivity index (χ1v) is 5.62. The number of hydrogen-bond acceptors (Lipinski definition) is 4. The van der Waals surface area contributed by atoms with Crippen LogP contribution in [-0.4, -0.2) is 16.1 Å². The molecule has 1 heterocycles. The van der Waals surface area contributed by atoms with Crippen LogP contribution in [0.15, 0.2) is 4.42 Å². The summed E-state index contributed by atoms with van der Waals surface area (Å²) in [4.78, 5) is 11.4. The van der Waals surface area contributed by atoms with E-state index >= 15 is 0 Å². The molecular formula is C11H19N3O2. The topological polar surface area (TPSA) is 68.0 Å². The van der Waals surface area contributed by atoms with Gasteiger partial charge in [0.15, 0.2) is 0 Å². The van der Waals surface area contributed by atoms with Gasteiger partial charge < -0.3 is 9.73 Å². The van der Waals surface area contributed by atoms with Crippen LogP contribution in [0.1, 0.15) is 51.4 Å². The van der Waals surface area contributed by atoms with E-state index in [0.29, 0.717) is 24.1 Å². The molecule has 0 saturated carbocycles. The van der Waals surface area contributed by atoms with Crippen LogP contribution in [0.5, 0.6) is 0 Å². The molecule has 0 aromatic carbocycles. The summed E-state index contributed by atoms with van der Waals surface area (Å²) in [5.41, 5.74) is 0. The molecule has 0 bridgehead atoms. The lowest BCUT2D eigenvalue weighted by molar-refractivity contribution is -0.121. The Hall–Kier alpha value is -1.39. The molecule has 1 N–H and O–H groups in total. The Morgan fingerprint density at radius 2 is 2.12 bits per heavy atom. The Morgan fingerprint density at radius 1 is 1.44 bits per heavy atom. The van der Waals surface area contributed by atoms with Gasteiger partial charge in [-0.1, -0.05) is 20.8 Å². The third-order valence-corrected chi connectivity index (χ3v) is 2.20. The lowest BCUT2D eigenvalue weighted by Crippen LogP contribution is -2.29. The lowest BCUT2D eigenvalue weighted by atomic mass is 10.0. The molecule has 1 aromatic rings. The Kier molecular flexibility index (Phi) is 4.46. The highest BCUT2D eigenvalue weighted by Crippen LogP contribution is 2.20. The average Bonchev–Trinajstić information content (AvgIpc) is 2.63. The van der Waals surface area contributed by atoms with E-state index in [1.165, 1.54) is 0 Å². The maximum Gasteiger partial charge on any atom is 0.238 e. The monoisotopic (exact) mass is 225 g/mol. The van der Waals surface area contributed by atoms with Crippen molar-refractivity contribution in [3.63, 3.8) is 0 Å². The third kappa shape index (κ3) is 3.64. The highest BCUT2D eigenvalue weighted by molar-refractivity contribution is 5.75. The summed E-state index contributed by atoms with van der Waals surface area (Å²) in [5, 5.41) is 10.6. The minimum atomic E-state index is -0.173. The van der Waals surface area contributed by atoms with Gasteiger partial charge in [0.05, 0.1) is 0 Å². The van der Waals surface area contributed by atoms with E-state index in [0.717, 1.165) is 6.42 Å². The number of amides is 1. The SMILES string of the molecule is CCC(=O)NC(CC(C)C)c1nnc(C)o1. The Bertz CT molecular complexity index is 347. The van der Waals surface area contributed by atoms with E-state index in [4.69, 9.17) is 4.42 Å². The van der Waals surface area contributed by atoms with Crippen molar-refractivity contribution in [2.75, 3.05) is 0 Å². The summed E-state index contributed by atoms with van der Waals surface area (Å²) in [6.07, 6.45) is 1.26. The van der Waals surface area contributed by atoms with E-state index in [1.54, 1.807) is 6.92 Å². The van der Waals surface area contributed by atoms with Gasteiger partial charge in [0.1, 0.15) is 6.04 Å². The molecule has 0 aliphatic rings. The van der Waals surface area contributed by atoms with Crippen molar-refractivity contribution in [2.24, 2.45) is 5.92 Å². The lowest BCUT2D eigenvalue weighted by Gasteiger charge is -2.16. The van der Waals surface area contributed by atoms with Crippen molar-refractivity contribution in [1.29, 1.82) is 0 Å². The fourth-order valence-corrected chi connectivity index (χ4v) is 1.44. The largest absolute Gasteiger partial charge is 0.423 e. The molecule has 0 saturated heterocycles. The maximum absolute atomic E-state index is 11.4. The van der Waals surface area contributed by atoms with Gasteiger partial charge in [-0.25, -0.2) is 0 Å². The number of aromatic nitrogens is 2. The third-order valence-electron chi connectivity index (χ3n) is 2.20. The molecule has 1 atom stereocenters.